The quantitative estimate of drug-likeness (QED) is 0.722. The van der Waals surface area contributed by atoms with Gasteiger partial charge in [0.1, 0.15) is 0 Å². The lowest BCUT2D eigenvalue weighted by molar-refractivity contribution is -0.105. The maximum atomic E-state index is 10.1. The van der Waals surface area contributed by atoms with Crippen molar-refractivity contribution in [1.29, 1.82) is 5.26 Å². The summed E-state index contributed by atoms with van der Waals surface area (Å²) in [4.78, 5) is 10.1. The van der Waals surface area contributed by atoms with Gasteiger partial charge in [0.25, 0.3) is 0 Å². The molecule has 3 aromatic rings. The van der Waals surface area contributed by atoms with Gasteiger partial charge >= 0.3 is 0 Å². The number of aryl methyl sites for hydroxylation is 2. The van der Waals surface area contributed by atoms with Crippen LogP contribution in [0.15, 0.2) is 48.8 Å². The van der Waals surface area contributed by atoms with Crippen molar-refractivity contribution >= 4 is 17.6 Å². The van der Waals surface area contributed by atoms with Crippen LogP contribution in [-0.2, 0) is 4.79 Å². The molecule has 5 heteroatoms. The lowest BCUT2D eigenvalue weighted by atomic mass is 10.1. The molecule has 0 fully saturated rings. The predicted octanol–water partition coefficient (Wildman–Crippen LogP) is 4.10. The van der Waals surface area contributed by atoms with E-state index in [-0.39, 0.29) is 0 Å². The van der Waals surface area contributed by atoms with E-state index >= 15 is 0 Å². The average molecular weight is 322 g/mol. The molecule has 1 amide bonds. The minimum Gasteiger partial charge on any atom is -0.328 e. The largest absolute Gasteiger partial charge is 0.328 e. The van der Waals surface area contributed by atoms with Crippen LogP contribution in [-0.4, -0.2) is 16.0 Å². The molecule has 124 valence electrons. The number of nitriles is 1. The topological polar surface area (TPSA) is 70.2 Å². The summed E-state index contributed by atoms with van der Waals surface area (Å²) in [5.74, 6) is 0. The van der Waals surface area contributed by atoms with Gasteiger partial charge < -0.3 is 5.32 Å². The first-order valence-electron chi connectivity index (χ1n) is 7.75. The standard InChI is InChI=1S/C9H8N2O.C8H8N2.C2H6/c1-7-2-3-8(5-10)4-9(7)11-6-12;1-7-6-9-10-5-3-2-4-8(7)10;1-2/h2-4,6H,1H3,(H,11,12);2-6H,1H3;1-2H3. The zero-order valence-electron chi connectivity index (χ0n) is 14.4. The molecule has 0 aliphatic rings. The van der Waals surface area contributed by atoms with Crippen molar-refractivity contribution in [3.05, 3.63) is 65.5 Å². The van der Waals surface area contributed by atoms with Gasteiger partial charge in [0, 0.05) is 11.9 Å². The highest BCUT2D eigenvalue weighted by Crippen LogP contribution is 2.15. The molecule has 0 bridgehead atoms. The van der Waals surface area contributed by atoms with Crippen LogP contribution in [0.5, 0.6) is 0 Å². The first kappa shape index (κ1) is 18.9. The molecule has 0 spiro atoms. The third kappa shape index (κ3) is 4.96. The van der Waals surface area contributed by atoms with Crippen molar-refractivity contribution in [2.45, 2.75) is 27.7 Å². The summed E-state index contributed by atoms with van der Waals surface area (Å²) in [5.41, 5.74) is 4.58. The van der Waals surface area contributed by atoms with Gasteiger partial charge in [0.2, 0.25) is 6.41 Å². The molecule has 24 heavy (non-hydrogen) atoms. The molecule has 2 heterocycles. The Morgan fingerprint density at radius 2 is 1.92 bits per heavy atom. The molecule has 0 aliphatic carbocycles. The maximum Gasteiger partial charge on any atom is 0.211 e. The fourth-order valence-electron chi connectivity index (χ4n) is 1.97. The normalized spacial score (nSPS) is 8.96. The smallest absolute Gasteiger partial charge is 0.211 e. The van der Waals surface area contributed by atoms with Crippen LogP contribution in [0.25, 0.3) is 5.52 Å². The lowest BCUT2D eigenvalue weighted by Gasteiger charge is -2.02. The molecular weight excluding hydrogens is 300 g/mol. The number of anilines is 1. The average Bonchev–Trinajstić information content (AvgIpc) is 3.01. The van der Waals surface area contributed by atoms with Gasteiger partial charge in [-0.25, -0.2) is 4.52 Å². The molecule has 0 aliphatic heterocycles. The molecular formula is C19H22N4O. The van der Waals surface area contributed by atoms with Crippen LogP contribution in [0.4, 0.5) is 5.69 Å². The Kier molecular flexibility index (Phi) is 7.72. The minimum absolute atomic E-state index is 0.546. The minimum atomic E-state index is 0.546. The zero-order chi connectivity index (χ0) is 17.9. The van der Waals surface area contributed by atoms with Gasteiger partial charge in [-0.1, -0.05) is 26.0 Å². The van der Waals surface area contributed by atoms with Gasteiger partial charge in [-0.2, -0.15) is 10.4 Å². The van der Waals surface area contributed by atoms with Crippen LogP contribution < -0.4 is 5.32 Å². The molecule has 1 aromatic carbocycles. The first-order valence-corrected chi connectivity index (χ1v) is 7.75. The van der Waals surface area contributed by atoms with Crippen molar-refractivity contribution in [2.24, 2.45) is 0 Å². The molecule has 0 radical (unpaired) electrons. The summed E-state index contributed by atoms with van der Waals surface area (Å²) in [6.07, 6.45) is 4.42. The van der Waals surface area contributed by atoms with Crippen molar-refractivity contribution in [3.8, 4) is 6.07 Å². The van der Waals surface area contributed by atoms with E-state index < -0.39 is 0 Å². The number of benzene rings is 1. The number of amides is 1. The number of hydrogen-bond donors (Lipinski definition) is 1. The highest BCUT2D eigenvalue weighted by Gasteiger charge is 1.97. The second-order valence-electron chi connectivity index (χ2n) is 4.76. The number of carbonyl (C=O) groups excluding carboxylic acids is 1. The van der Waals surface area contributed by atoms with Crippen molar-refractivity contribution in [1.82, 2.24) is 9.61 Å². The van der Waals surface area contributed by atoms with E-state index in [0.29, 0.717) is 17.7 Å². The van der Waals surface area contributed by atoms with Gasteiger partial charge in [0.15, 0.2) is 0 Å². The van der Waals surface area contributed by atoms with Crippen molar-refractivity contribution in [3.63, 3.8) is 0 Å². The van der Waals surface area contributed by atoms with Crippen LogP contribution in [0.1, 0.15) is 30.5 Å². The summed E-state index contributed by atoms with van der Waals surface area (Å²) in [6, 6.07) is 13.2. The second-order valence-corrected chi connectivity index (χ2v) is 4.76. The first-order chi connectivity index (χ1) is 11.7. The number of carbonyl (C=O) groups is 1. The number of fused-ring (bicyclic) bond motifs is 1. The lowest BCUT2D eigenvalue weighted by Crippen LogP contribution is -1.96. The third-order valence-electron chi connectivity index (χ3n) is 3.20. The molecule has 2 aromatic heterocycles. The van der Waals surface area contributed by atoms with Crippen LogP contribution in [0.3, 0.4) is 0 Å². The molecule has 0 atom stereocenters. The highest BCUT2D eigenvalue weighted by atomic mass is 16.1. The third-order valence-corrected chi connectivity index (χ3v) is 3.20. The number of rotatable bonds is 2. The summed E-state index contributed by atoms with van der Waals surface area (Å²) in [6.45, 7) is 7.93. The summed E-state index contributed by atoms with van der Waals surface area (Å²) >= 11 is 0. The van der Waals surface area contributed by atoms with E-state index in [1.807, 2.05) is 55.9 Å². The van der Waals surface area contributed by atoms with E-state index in [9.17, 15) is 4.79 Å². The van der Waals surface area contributed by atoms with E-state index in [1.54, 1.807) is 18.2 Å². The maximum absolute atomic E-state index is 10.1. The molecule has 0 saturated carbocycles. The van der Waals surface area contributed by atoms with Gasteiger partial charge in [-0.05, 0) is 49.2 Å². The number of nitrogens with one attached hydrogen (secondary N) is 1. The molecule has 3 rings (SSSR count). The highest BCUT2D eigenvalue weighted by molar-refractivity contribution is 5.74. The van der Waals surface area contributed by atoms with Gasteiger partial charge in [-0.15, -0.1) is 0 Å². The van der Waals surface area contributed by atoms with E-state index in [0.717, 1.165) is 5.56 Å². The van der Waals surface area contributed by atoms with Crippen molar-refractivity contribution in [2.75, 3.05) is 5.32 Å². The van der Waals surface area contributed by atoms with Gasteiger partial charge in [-0.3, -0.25) is 4.79 Å². The summed E-state index contributed by atoms with van der Waals surface area (Å²) < 4.78 is 1.87. The number of nitrogens with zero attached hydrogens (tertiary/aromatic N) is 3. The number of hydrogen-bond acceptors (Lipinski definition) is 3. The Bertz CT molecular complexity index is 831. The van der Waals surface area contributed by atoms with Crippen LogP contribution in [0.2, 0.25) is 0 Å². The summed E-state index contributed by atoms with van der Waals surface area (Å²) in [5, 5.41) is 15.2. The second kappa shape index (κ2) is 9.80. The SMILES string of the molecule is CC.Cc1ccc(C#N)cc1NC=O.Cc1cnn2ccccc12. The fourth-order valence-corrected chi connectivity index (χ4v) is 1.97. The zero-order valence-corrected chi connectivity index (χ0v) is 14.4. The van der Waals surface area contributed by atoms with E-state index in [2.05, 4.69) is 23.4 Å². The van der Waals surface area contributed by atoms with Crippen LogP contribution >= 0.6 is 0 Å². The Morgan fingerprint density at radius 3 is 2.54 bits per heavy atom. The van der Waals surface area contributed by atoms with Crippen LogP contribution in [0, 0.1) is 25.2 Å². The number of pyridine rings is 1. The predicted molar refractivity (Wildman–Crippen MR) is 96.9 cm³/mol. The van der Waals surface area contributed by atoms with Gasteiger partial charge in [0.05, 0.1) is 23.3 Å². The van der Waals surface area contributed by atoms with E-state index in [1.165, 1.54) is 11.1 Å². The molecule has 5 nitrogen and oxygen atoms in total. The Labute approximate surface area is 142 Å². The Hall–Kier alpha value is -3.13. The summed E-state index contributed by atoms with van der Waals surface area (Å²) in [7, 11) is 0. The number of aromatic nitrogens is 2. The Morgan fingerprint density at radius 1 is 1.17 bits per heavy atom. The monoisotopic (exact) mass is 322 g/mol. The molecule has 0 saturated heterocycles. The fraction of sp³-hybridized carbons (Fsp3) is 0.211. The Balaban J connectivity index is 0.000000220. The molecule has 1 N–H and O–H groups in total. The molecule has 0 unspecified atom stereocenters. The van der Waals surface area contributed by atoms with E-state index in [4.69, 9.17) is 5.26 Å². The van der Waals surface area contributed by atoms with Crippen molar-refractivity contribution < 1.29 is 4.79 Å².